The molecule has 0 fully saturated rings. The Morgan fingerprint density at radius 3 is 2.66 bits per heavy atom. The molecule has 0 radical (unpaired) electrons. The van der Waals surface area contributed by atoms with Gasteiger partial charge >= 0.3 is 0 Å². The van der Waals surface area contributed by atoms with Gasteiger partial charge in [0.2, 0.25) is 0 Å². The highest BCUT2D eigenvalue weighted by Crippen LogP contribution is 2.39. The topological polar surface area (TPSA) is 63.8 Å². The number of hydrogen-bond acceptors (Lipinski definition) is 5. The van der Waals surface area contributed by atoms with Crippen molar-refractivity contribution >= 4 is 34.5 Å². The first kappa shape index (κ1) is 19.9. The van der Waals surface area contributed by atoms with Gasteiger partial charge in [0, 0.05) is 32.6 Å². The molecule has 0 aliphatic carbocycles. The molecule has 4 aromatic rings. The molecule has 29 heavy (non-hydrogen) atoms. The lowest BCUT2D eigenvalue weighted by Gasteiger charge is -2.27. The van der Waals surface area contributed by atoms with Crippen molar-refractivity contribution in [1.82, 2.24) is 19.7 Å². The van der Waals surface area contributed by atoms with E-state index in [4.69, 9.17) is 23.2 Å². The summed E-state index contributed by atoms with van der Waals surface area (Å²) in [7, 11) is 0. The van der Waals surface area contributed by atoms with Crippen LogP contribution in [-0.4, -0.2) is 24.9 Å². The van der Waals surface area contributed by atoms with E-state index in [-0.39, 0.29) is 27.8 Å². The first-order chi connectivity index (χ1) is 13.9. The van der Waals surface area contributed by atoms with Crippen molar-refractivity contribution in [2.75, 3.05) is 0 Å². The minimum absolute atomic E-state index is 0.0345. The normalized spacial score (nSPS) is 13.4. The lowest BCUT2D eigenvalue weighted by Crippen LogP contribution is -2.33. The number of thiazole rings is 1. The van der Waals surface area contributed by atoms with E-state index in [2.05, 4.69) is 15.1 Å². The Bertz CT molecular complexity index is 1170. The van der Waals surface area contributed by atoms with Crippen LogP contribution in [0.4, 0.5) is 8.78 Å². The van der Waals surface area contributed by atoms with Crippen molar-refractivity contribution in [2.45, 2.75) is 12.1 Å². The first-order valence-corrected chi connectivity index (χ1v) is 9.92. The van der Waals surface area contributed by atoms with Crippen LogP contribution in [0, 0.1) is 11.6 Å². The molecule has 0 aliphatic heterocycles. The molecule has 0 bridgehead atoms. The van der Waals surface area contributed by atoms with Crippen LogP contribution in [0.3, 0.4) is 0 Å². The number of aromatic nitrogens is 4. The zero-order chi connectivity index (χ0) is 20.6. The highest BCUT2D eigenvalue weighted by atomic mass is 35.5. The third-order valence-electron chi connectivity index (χ3n) is 4.30. The van der Waals surface area contributed by atoms with Crippen LogP contribution in [0.5, 0.6) is 0 Å². The Labute approximate surface area is 178 Å². The predicted octanol–water partition coefficient (Wildman–Crippen LogP) is 4.92. The number of aliphatic hydroxyl groups is 1. The molecule has 0 saturated carbocycles. The second kappa shape index (κ2) is 7.79. The number of rotatable bonds is 5. The van der Waals surface area contributed by atoms with E-state index in [1.54, 1.807) is 17.5 Å². The fourth-order valence-corrected chi connectivity index (χ4v) is 4.41. The zero-order valence-corrected chi connectivity index (χ0v) is 16.9. The molecule has 0 saturated heterocycles. The molecule has 1 atom stereocenters. The van der Waals surface area contributed by atoms with Crippen LogP contribution in [0.25, 0.3) is 11.3 Å². The molecule has 0 amide bonds. The summed E-state index contributed by atoms with van der Waals surface area (Å²) in [5.41, 5.74) is -0.933. The van der Waals surface area contributed by atoms with Crippen LogP contribution in [0.15, 0.2) is 54.4 Å². The van der Waals surface area contributed by atoms with E-state index in [9.17, 15) is 13.9 Å². The average molecular weight is 453 g/mol. The van der Waals surface area contributed by atoms with E-state index in [1.807, 2.05) is 0 Å². The molecule has 2 aromatic carbocycles. The van der Waals surface area contributed by atoms with Crippen molar-refractivity contribution in [3.8, 4) is 11.3 Å². The van der Waals surface area contributed by atoms with Gasteiger partial charge in [-0.2, -0.15) is 5.10 Å². The summed E-state index contributed by atoms with van der Waals surface area (Å²) in [6.45, 7) is -0.0345. The fourth-order valence-electron chi connectivity index (χ4n) is 2.93. The van der Waals surface area contributed by atoms with Crippen LogP contribution in [0.1, 0.15) is 10.6 Å². The van der Waals surface area contributed by atoms with Gasteiger partial charge < -0.3 is 5.11 Å². The third kappa shape index (κ3) is 3.89. The lowest BCUT2D eigenvalue weighted by molar-refractivity contribution is 0.0571. The second-order valence-corrected chi connectivity index (χ2v) is 7.94. The predicted molar refractivity (Wildman–Crippen MR) is 107 cm³/mol. The lowest BCUT2D eigenvalue weighted by atomic mass is 9.94. The summed E-state index contributed by atoms with van der Waals surface area (Å²) < 4.78 is 28.8. The van der Waals surface area contributed by atoms with Crippen molar-refractivity contribution in [2.24, 2.45) is 0 Å². The highest BCUT2D eigenvalue weighted by Gasteiger charge is 2.38. The van der Waals surface area contributed by atoms with Gasteiger partial charge in [-0.3, -0.25) is 0 Å². The Morgan fingerprint density at radius 2 is 1.97 bits per heavy atom. The smallest absolute Gasteiger partial charge is 0.162 e. The molecule has 10 heteroatoms. The molecule has 4 rings (SSSR count). The minimum atomic E-state index is -1.69. The summed E-state index contributed by atoms with van der Waals surface area (Å²) >= 11 is 13.5. The molecule has 1 unspecified atom stereocenters. The monoisotopic (exact) mass is 452 g/mol. The van der Waals surface area contributed by atoms with Crippen molar-refractivity contribution in [1.29, 1.82) is 0 Å². The van der Waals surface area contributed by atoms with Crippen molar-refractivity contribution < 1.29 is 13.9 Å². The van der Waals surface area contributed by atoms with Gasteiger partial charge in [0.05, 0.1) is 12.2 Å². The van der Waals surface area contributed by atoms with E-state index < -0.39 is 17.2 Å². The van der Waals surface area contributed by atoms with E-state index in [1.165, 1.54) is 29.5 Å². The maximum absolute atomic E-state index is 14.2. The van der Waals surface area contributed by atoms with Gasteiger partial charge in [-0.25, -0.2) is 23.4 Å². The van der Waals surface area contributed by atoms with Gasteiger partial charge in [0.1, 0.15) is 29.3 Å². The van der Waals surface area contributed by atoms with E-state index in [0.717, 1.165) is 23.5 Å². The van der Waals surface area contributed by atoms with Crippen molar-refractivity contribution in [3.63, 3.8) is 0 Å². The minimum Gasteiger partial charge on any atom is -0.376 e. The SMILES string of the molecule is OC(Cn1cncn1)(c1nc(-c2ccc(F)cc2F)cs1)c1ccc(Cl)cc1Cl. The molecule has 0 spiro atoms. The summed E-state index contributed by atoms with van der Waals surface area (Å²) in [6, 6.07) is 7.94. The van der Waals surface area contributed by atoms with Crippen LogP contribution in [0.2, 0.25) is 10.0 Å². The number of nitrogens with zero attached hydrogens (tertiary/aromatic N) is 4. The third-order valence-corrected chi connectivity index (χ3v) is 5.84. The maximum atomic E-state index is 14.2. The summed E-state index contributed by atoms with van der Waals surface area (Å²) in [6.07, 6.45) is 2.79. The van der Waals surface area contributed by atoms with Gasteiger partial charge in [0.15, 0.2) is 5.60 Å². The molecular formula is C19H12Cl2F2N4OS. The average Bonchev–Trinajstić information content (AvgIpc) is 3.33. The molecule has 2 heterocycles. The molecule has 1 N–H and O–H groups in total. The quantitative estimate of drug-likeness (QED) is 0.466. The van der Waals surface area contributed by atoms with Crippen LogP contribution in [-0.2, 0) is 12.1 Å². The molecule has 0 aliphatic rings. The molecule has 2 aromatic heterocycles. The van der Waals surface area contributed by atoms with E-state index >= 15 is 0 Å². The number of hydrogen-bond donors (Lipinski definition) is 1. The van der Waals surface area contributed by atoms with Gasteiger partial charge in [-0.1, -0.05) is 29.3 Å². The molecular weight excluding hydrogens is 441 g/mol. The largest absolute Gasteiger partial charge is 0.376 e. The Morgan fingerprint density at radius 1 is 1.14 bits per heavy atom. The zero-order valence-electron chi connectivity index (χ0n) is 14.6. The Hall–Kier alpha value is -2.39. The standard InChI is InChI=1S/C19H12Cl2F2N4OS/c20-11-1-4-14(15(21)5-11)19(28,8-27-10-24-9-25-27)18-26-17(7-29-18)13-3-2-12(22)6-16(13)23/h1-7,9-10,28H,8H2. The first-order valence-electron chi connectivity index (χ1n) is 8.28. The maximum Gasteiger partial charge on any atom is 0.162 e. The number of benzene rings is 2. The Balaban J connectivity index is 1.82. The molecule has 148 valence electrons. The summed E-state index contributed by atoms with van der Waals surface area (Å²) in [5, 5.41) is 18.2. The van der Waals surface area contributed by atoms with Crippen LogP contribution < -0.4 is 0 Å². The Kier molecular flexibility index (Phi) is 5.35. The highest BCUT2D eigenvalue weighted by molar-refractivity contribution is 7.10. The summed E-state index contributed by atoms with van der Waals surface area (Å²) in [4.78, 5) is 8.30. The summed E-state index contributed by atoms with van der Waals surface area (Å²) in [5.74, 6) is -1.43. The second-order valence-electron chi connectivity index (χ2n) is 6.24. The van der Waals surface area contributed by atoms with Crippen molar-refractivity contribution in [3.05, 3.63) is 86.7 Å². The van der Waals surface area contributed by atoms with Gasteiger partial charge in [-0.05, 0) is 24.3 Å². The van der Waals surface area contributed by atoms with Gasteiger partial charge in [0.25, 0.3) is 0 Å². The van der Waals surface area contributed by atoms with Gasteiger partial charge in [-0.15, -0.1) is 11.3 Å². The van der Waals surface area contributed by atoms with Crippen LogP contribution >= 0.6 is 34.5 Å². The molecule has 5 nitrogen and oxygen atoms in total. The fraction of sp³-hybridized carbons (Fsp3) is 0.105. The van der Waals surface area contributed by atoms with E-state index in [0.29, 0.717) is 10.6 Å². The number of halogens is 4.